The Morgan fingerprint density at radius 3 is 2.94 bits per heavy atom. The van der Waals surface area contributed by atoms with Crippen LogP contribution in [0.15, 0.2) is 24.5 Å². The monoisotopic (exact) mass is 235 g/mol. The second-order valence-corrected chi connectivity index (χ2v) is 4.02. The molecule has 1 N–H and O–H groups in total. The number of amides is 1. The van der Waals surface area contributed by atoms with E-state index >= 15 is 0 Å². The van der Waals surface area contributed by atoms with Crippen molar-refractivity contribution in [2.75, 3.05) is 26.2 Å². The predicted molar refractivity (Wildman–Crippen MR) is 63.8 cm³/mol. The van der Waals surface area contributed by atoms with Crippen molar-refractivity contribution in [2.24, 2.45) is 0 Å². The Kier molecular flexibility index (Phi) is 3.93. The van der Waals surface area contributed by atoms with Crippen LogP contribution in [0.25, 0.3) is 0 Å². The third kappa shape index (κ3) is 3.17. The van der Waals surface area contributed by atoms with Crippen molar-refractivity contribution >= 4 is 5.91 Å². The van der Waals surface area contributed by atoms with Gasteiger partial charge in [-0.25, -0.2) is 0 Å². The summed E-state index contributed by atoms with van der Waals surface area (Å²) in [7, 11) is 0. The molecule has 17 heavy (non-hydrogen) atoms. The Morgan fingerprint density at radius 1 is 1.53 bits per heavy atom. The van der Waals surface area contributed by atoms with E-state index in [0.717, 1.165) is 26.2 Å². The number of hydrogen-bond donors (Lipinski definition) is 1. The number of carbonyl (C=O) groups is 1. The molecule has 0 saturated carbocycles. The molecule has 5 nitrogen and oxygen atoms in total. The Labute approximate surface area is 101 Å². The number of rotatable bonds is 3. The smallest absolute Gasteiger partial charge is 0.263 e. The summed E-state index contributed by atoms with van der Waals surface area (Å²) in [5.74, 6) is 0.666. The Balaban J connectivity index is 1.90. The Hall–Kier alpha value is -1.62. The summed E-state index contributed by atoms with van der Waals surface area (Å²) >= 11 is 0. The van der Waals surface area contributed by atoms with Gasteiger partial charge in [0.25, 0.3) is 5.91 Å². The first-order valence-electron chi connectivity index (χ1n) is 5.83. The van der Waals surface area contributed by atoms with Crippen molar-refractivity contribution in [3.05, 3.63) is 24.5 Å². The van der Waals surface area contributed by atoms with E-state index in [1.807, 2.05) is 4.90 Å². The largest absolute Gasteiger partial charge is 0.479 e. The van der Waals surface area contributed by atoms with Gasteiger partial charge < -0.3 is 15.0 Å². The van der Waals surface area contributed by atoms with E-state index in [4.69, 9.17) is 4.74 Å². The van der Waals surface area contributed by atoms with Crippen molar-refractivity contribution in [3.8, 4) is 5.75 Å². The maximum absolute atomic E-state index is 12.1. The molecule has 1 aliphatic rings. The lowest BCUT2D eigenvalue weighted by Gasteiger charge is -2.29. The molecule has 1 amide bonds. The zero-order chi connectivity index (χ0) is 12.1. The first-order chi connectivity index (χ1) is 8.27. The fourth-order valence-electron chi connectivity index (χ4n) is 1.81. The van der Waals surface area contributed by atoms with Gasteiger partial charge in [0.1, 0.15) is 5.75 Å². The summed E-state index contributed by atoms with van der Waals surface area (Å²) in [4.78, 5) is 17.8. The quantitative estimate of drug-likeness (QED) is 0.817. The van der Waals surface area contributed by atoms with Crippen LogP contribution in [-0.4, -0.2) is 48.1 Å². The van der Waals surface area contributed by atoms with E-state index in [2.05, 4.69) is 10.3 Å². The van der Waals surface area contributed by atoms with Crippen LogP contribution in [-0.2, 0) is 4.79 Å². The number of nitrogens with one attached hydrogen (secondary N) is 1. The van der Waals surface area contributed by atoms with E-state index in [1.165, 1.54) is 0 Å². The number of ether oxygens (including phenoxy) is 1. The van der Waals surface area contributed by atoms with Crippen LogP contribution in [0, 0.1) is 0 Å². The molecule has 1 fully saturated rings. The first kappa shape index (κ1) is 11.9. The maximum atomic E-state index is 12.1. The van der Waals surface area contributed by atoms with Gasteiger partial charge in [-0.15, -0.1) is 0 Å². The molecule has 2 heterocycles. The third-order valence-electron chi connectivity index (χ3n) is 2.72. The number of carbonyl (C=O) groups excluding carboxylic acids is 1. The molecule has 0 aromatic carbocycles. The Morgan fingerprint density at radius 2 is 2.29 bits per heavy atom. The fraction of sp³-hybridized carbons (Fsp3) is 0.500. The Bertz CT molecular complexity index is 363. The molecule has 1 aromatic heterocycles. The lowest BCUT2D eigenvalue weighted by molar-refractivity contribution is -0.138. The minimum Gasteiger partial charge on any atom is -0.479 e. The highest BCUT2D eigenvalue weighted by atomic mass is 16.5. The highest BCUT2D eigenvalue weighted by Crippen LogP contribution is 2.10. The van der Waals surface area contributed by atoms with E-state index in [9.17, 15) is 4.79 Å². The maximum Gasteiger partial charge on any atom is 0.263 e. The van der Waals surface area contributed by atoms with Crippen LogP contribution < -0.4 is 10.1 Å². The van der Waals surface area contributed by atoms with E-state index in [0.29, 0.717) is 5.75 Å². The molecule has 0 spiro atoms. The number of hydrogen-bond acceptors (Lipinski definition) is 4. The molecule has 0 bridgehead atoms. The van der Waals surface area contributed by atoms with Crippen molar-refractivity contribution in [1.29, 1.82) is 0 Å². The van der Waals surface area contributed by atoms with Crippen LogP contribution in [0.5, 0.6) is 5.75 Å². The van der Waals surface area contributed by atoms with E-state index in [-0.39, 0.29) is 5.91 Å². The number of piperazine rings is 1. The fourth-order valence-corrected chi connectivity index (χ4v) is 1.81. The van der Waals surface area contributed by atoms with Gasteiger partial charge in [-0.3, -0.25) is 9.78 Å². The minimum absolute atomic E-state index is 0.0374. The molecule has 1 aromatic rings. The van der Waals surface area contributed by atoms with Gasteiger partial charge in [-0.05, 0) is 19.1 Å². The summed E-state index contributed by atoms with van der Waals surface area (Å²) < 4.78 is 5.56. The lowest BCUT2D eigenvalue weighted by Crippen LogP contribution is -2.50. The first-order valence-corrected chi connectivity index (χ1v) is 5.83. The number of nitrogens with zero attached hydrogens (tertiary/aromatic N) is 2. The van der Waals surface area contributed by atoms with Gasteiger partial charge in [0.15, 0.2) is 6.10 Å². The zero-order valence-corrected chi connectivity index (χ0v) is 9.93. The van der Waals surface area contributed by atoms with E-state index in [1.54, 1.807) is 31.5 Å². The standard InChI is InChI=1S/C12H17N3O2/c1-10(17-11-3-2-4-14-9-11)12(16)15-7-5-13-6-8-15/h2-4,9-10,13H,5-8H2,1H3. The van der Waals surface area contributed by atoms with Gasteiger partial charge in [0.05, 0.1) is 6.20 Å². The molecule has 5 heteroatoms. The van der Waals surface area contributed by atoms with E-state index < -0.39 is 6.10 Å². The predicted octanol–water partition coefficient (Wildman–Crippen LogP) is 0.281. The van der Waals surface area contributed by atoms with Crippen LogP contribution >= 0.6 is 0 Å². The molecule has 1 saturated heterocycles. The summed E-state index contributed by atoms with van der Waals surface area (Å²) in [5, 5.41) is 3.21. The van der Waals surface area contributed by atoms with Gasteiger partial charge in [-0.2, -0.15) is 0 Å². The highest BCUT2D eigenvalue weighted by molar-refractivity contribution is 5.81. The molecule has 1 atom stereocenters. The number of pyridine rings is 1. The number of aromatic nitrogens is 1. The molecule has 0 aliphatic carbocycles. The van der Waals surface area contributed by atoms with Crippen molar-refractivity contribution < 1.29 is 9.53 Å². The van der Waals surface area contributed by atoms with Gasteiger partial charge >= 0.3 is 0 Å². The second kappa shape index (κ2) is 5.63. The lowest BCUT2D eigenvalue weighted by atomic mass is 10.3. The molecular formula is C12H17N3O2. The summed E-state index contributed by atoms with van der Waals surface area (Å²) in [5.41, 5.74) is 0. The summed E-state index contributed by atoms with van der Waals surface area (Å²) in [6, 6.07) is 3.59. The molecule has 0 radical (unpaired) electrons. The third-order valence-corrected chi connectivity index (χ3v) is 2.72. The molecule has 1 unspecified atom stereocenters. The van der Waals surface area contributed by atoms with Crippen LogP contribution in [0.3, 0.4) is 0 Å². The summed E-state index contributed by atoms with van der Waals surface area (Å²) in [6.45, 7) is 4.98. The van der Waals surface area contributed by atoms with Gasteiger partial charge in [0.2, 0.25) is 0 Å². The van der Waals surface area contributed by atoms with Gasteiger partial charge in [-0.1, -0.05) is 0 Å². The van der Waals surface area contributed by atoms with Crippen LogP contribution in [0.2, 0.25) is 0 Å². The molecular weight excluding hydrogens is 218 g/mol. The highest BCUT2D eigenvalue weighted by Gasteiger charge is 2.23. The second-order valence-electron chi connectivity index (χ2n) is 4.02. The average molecular weight is 235 g/mol. The summed E-state index contributed by atoms with van der Waals surface area (Å²) in [6.07, 6.45) is 2.83. The van der Waals surface area contributed by atoms with Crippen molar-refractivity contribution in [1.82, 2.24) is 15.2 Å². The SMILES string of the molecule is CC(Oc1cccnc1)C(=O)N1CCNCC1. The minimum atomic E-state index is -0.461. The average Bonchev–Trinajstić information content (AvgIpc) is 2.40. The normalized spacial score (nSPS) is 17.6. The molecule has 92 valence electrons. The van der Waals surface area contributed by atoms with Gasteiger partial charge in [0, 0.05) is 32.4 Å². The van der Waals surface area contributed by atoms with Crippen LogP contribution in [0.1, 0.15) is 6.92 Å². The zero-order valence-electron chi connectivity index (χ0n) is 9.93. The van der Waals surface area contributed by atoms with Crippen molar-refractivity contribution in [3.63, 3.8) is 0 Å². The van der Waals surface area contributed by atoms with Crippen LogP contribution in [0.4, 0.5) is 0 Å². The van der Waals surface area contributed by atoms with Crippen molar-refractivity contribution in [2.45, 2.75) is 13.0 Å². The molecule has 2 rings (SSSR count). The topological polar surface area (TPSA) is 54.5 Å². The molecule has 1 aliphatic heterocycles.